The van der Waals surface area contributed by atoms with Gasteiger partial charge in [-0.05, 0) is 29.7 Å². The van der Waals surface area contributed by atoms with Crippen LogP contribution in [0.3, 0.4) is 0 Å². The number of hydrogen-bond acceptors (Lipinski definition) is 2. The van der Waals surface area contributed by atoms with Gasteiger partial charge in [0.15, 0.2) is 0 Å². The van der Waals surface area contributed by atoms with E-state index in [0.29, 0.717) is 13.1 Å². The number of benzene rings is 2. The molecule has 1 N–H and O–H groups in total. The average Bonchev–Trinajstić information content (AvgIpc) is 2.46. The van der Waals surface area contributed by atoms with Gasteiger partial charge in [0.25, 0.3) is 0 Å². The van der Waals surface area contributed by atoms with Gasteiger partial charge in [0, 0.05) is 20.0 Å². The average molecular weight is 269 g/mol. The van der Waals surface area contributed by atoms with Gasteiger partial charge in [-0.3, -0.25) is 4.79 Å². The van der Waals surface area contributed by atoms with E-state index in [-0.39, 0.29) is 11.7 Å². The molecule has 0 atom stereocenters. The summed E-state index contributed by atoms with van der Waals surface area (Å²) in [4.78, 5) is 13.5. The number of aromatic hydroxyl groups is 1. The van der Waals surface area contributed by atoms with Crippen LogP contribution in [0.25, 0.3) is 0 Å². The summed E-state index contributed by atoms with van der Waals surface area (Å²) in [6.45, 7) is 2.91. The van der Waals surface area contributed by atoms with Crippen LogP contribution >= 0.6 is 0 Å². The lowest BCUT2D eigenvalue weighted by Gasteiger charge is -2.21. The van der Waals surface area contributed by atoms with E-state index in [0.717, 1.165) is 17.5 Å². The summed E-state index contributed by atoms with van der Waals surface area (Å²) in [6.07, 6.45) is 0.784. The number of nitrogens with zero attached hydrogens (tertiary/aromatic N) is 1. The number of rotatable bonds is 5. The second kappa shape index (κ2) is 6.75. The molecule has 3 heteroatoms. The Bertz CT molecular complexity index is 549. The smallest absolute Gasteiger partial charge is 0.219 e. The van der Waals surface area contributed by atoms with Crippen LogP contribution in [0.15, 0.2) is 54.6 Å². The van der Waals surface area contributed by atoms with Gasteiger partial charge in [-0.2, -0.15) is 0 Å². The molecule has 0 aliphatic rings. The predicted molar refractivity (Wildman–Crippen MR) is 79.3 cm³/mol. The number of amides is 1. The maximum atomic E-state index is 11.7. The van der Waals surface area contributed by atoms with Crippen LogP contribution in [-0.4, -0.2) is 22.5 Å². The molecule has 104 valence electrons. The fraction of sp³-hybridized carbons (Fsp3) is 0.235. The van der Waals surface area contributed by atoms with Crippen molar-refractivity contribution in [1.82, 2.24) is 4.90 Å². The van der Waals surface area contributed by atoms with Crippen molar-refractivity contribution in [2.24, 2.45) is 0 Å². The highest BCUT2D eigenvalue weighted by atomic mass is 16.3. The first-order chi connectivity index (χ1) is 9.65. The topological polar surface area (TPSA) is 40.5 Å². The van der Waals surface area contributed by atoms with Crippen LogP contribution in [0, 0.1) is 0 Å². The molecule has 0 bridgehead atoms. The molecule has 20 heavy (non-hydrogen) atoms. The van der Waals surface area contributed by atoms with E-state index in [1.807, 2.05) is 47.4 Å². The van der Waals surface area contributed by atoms with Gasteiger partial charge < -0.3 is 10.0 Å². The van der Waals surface area contributed by atoms with Gasteiger partial charge in [-0.1, -0.05) is 42.5 Å². The fourth-order valence-electron chi connectivity index (χ4n) is 2.08. The van der Waals surface area contributed by atoms with E-state index in [1.165, 1.54) is 0 Å². The van der Waals surface area contributed by atoms with Crippen molar-refractivity contribution in [1.29, 1.82) is 0 Å². The van der Waals surface area contributed by atoms with Crippen LogP contribution in [0.1, 0.15) is 18.1 Å². The summed E-state index contributed by atoms with van der Waals surface area (Å²) in [6, 6.07) is 17.1. The molecule has 0 fully saturated rings. The van der Waals surface area contributed by atoms with Crippen LogP contribution in [0.2, 0.25) is 0 Å². The first kappa shape index (κ1) is 14.1. The third kappa shape index (κ3) is 4.12. The van der Waals surface area contributed by atoms with Crippen molar-refractivity contribution in [3.8, 4) is 5.75 Å². The second-order valence-electron chi connectivity index (χ2n) is 4.84. The minimum absolute atomic E-state index is 0.0765. The highest BCUT2D eigenvalue weighted by molar-refractivity contribution is 5.73. The van der Waals surface area contributed by atoms with E-state index in [4.69, 9.17) is 0 Å². The summed E-state index contributed by atoms with van der Waals surface area (Å²) < 4.78 is 0. The Morgan fingerprint density at radius 2 is 1.65 bits per heavy atom. The molecule has 0 saturated carbocycles. The normalized spacial score (nSPS) is 10.2. The molecule has 0 aromatic heterocycles. The second-order valence-corrected chi connectivity index (χ2v) is 4.84. The lowest BCUT2D eigenvalue weighted by Crippen LogP contribution is -2.30. The molecule has 0 aliphatic carbocycles. The first-order valence-electron chi connectivity index (χ1n) is 6.72. The molecule has 0 aliphatic heterocycles. The minimum Gasteiger partial charge on any atom is -0.508 e. The zero-order valence-corrected chi connectivity index (χ0v) is 11.6. The Morgan fingerprint density at radius 1 is 1.00 bits per heavy atom. The largest absolute Gasteiger partial charge is 0.508 e. The third-order valence-electron chi connectivity index (χ3n) is 3.27. The summed E-state index contributed by atoms with van der Waals surface area (Å²) in [5.41, 5.74) is 2.25. The van der Waals surface area contributed by atoms with E-state index in [1.54, 1.807) is 19.1 Å². The molecule has 3 nitrogen and oxygen atoms in total. The third-order valence-corrected chi connectivity index (χ3v) is 3.27. The molecular formula is C17H19NO2. The first-order valence-corrected chi connectivity index (χ1v) is 6.72. The lowest BCUT2D eigenvalue weighted by molar-refractivity contribution is -0.129. The van der Waals surface area contributed by atoms with Gasteiger partial charge in [-0.25, -0.2) is 0 Å². The summed E-state index contributed by atoms with van der Waals surface area (Å²) in [5, 5.41) is 9.25. The Morgan fingerprint density at radius 3 is 2.25 bits per heavy atom. The molecule has 2 rings (SSSR count). The molecule has 0 spiro atoms. The molecule has 2 aromatic rings. The van der Waals surface area contributed by atoms with Gasteiger partial charge in [0.05, 0.1) is 0 Å². The molecule has 0 unspecified atom stereocenters. The van der Waals surface area contributed by atoms with E-state index < -0.39 is 0 Å². The Balaban J connectivity index is 1.96. The monoisotopic (exact) mass is 269 g/mol. The van der Waals surface area contributed by atoms with Gasteiger partial charge in [0.1, 0.15) is 5.75 Å². The van der Waals surface area contributed by atoms with E-state index >= 15 is 0 Å². The van der Waals surface area contributed by atoms with Crippen molar-refractivity contribution >= 4 is 5.91 Å². The number of hydrogen-bond donors (Lipinski definition) is 1. The van der Waals surface area contributed by atoms with Crippen molar-refractivity contribution in [3.05, 3.63) is 65.7 Å². The molecule has 1 amide bonds. The molecule has 0 heterocycles. The van der Waals surface area contributed by atoms with Gasteiger partial charge >= 0.3 is 0 Å². The predicted octanol–water partition coefficient (Wildman–Crippen LogP) is 2.98. The summed E-state index contributed by atoms with van der Waals surface area (Å²) >= 11 is 0. The molecule has 2 aromatic carbocycles. The van der Waals surface area contributed by atoms with Crippen LogP contribution < -0.4 is 0 Å². The zero-order chi connectivity index (χ0) is 14.4. The van der Waals surface area contributed by atoms with Crippen molar-refractivity contribution in [2.45, 2.75) is 19.9 Å². The molecule has 0 saturated heterocycles. The number of phenols is 1. The Labute approximate surface area is 119 Å². The number of carbonyl (C=O) groups excluding carboxylic acids is 1. The van der Waals surface area contributed by atoms with E-state index in [2.05, 4.69) is 0 Å². The highest BCUT2D eigenvalue weighted by Crippen LogP contribution is 2.11. The van der Waals surface area contributed by atoms with Gasteiger partial charge in [-0.15, -0.1) is 0 Å². The number of phenolic OH excluding ortho intramolecular Hbond substituents is 1. The SMILES string of the molecule is CC(=O)N(CCc1ccc(O)cc1)Cc1ccccc1. The standard InChI is InChI=1S/C17H19NO2/c1-14(19)18(13-16-5-3-2-4-6-16)12-11-15-7-9-17(20)10-8-15/h2-10,20H,11-13H2,1H3. The van der Waals surface area contributed by atoms with Crippen LogP contribution in [0.5, 0.6) is 5.75 Å². The Hall–Kier alpha value is -2.29. The van der Waals surface area contributed by atoms with Crippen molar-refractivity contribution < 1.29 is 9.90 Å². The highest BCUT2D eigenvalue weighted by Gasteiger charge is 2.09. The molecule has 0 radical (unpaired) electrons. The summed E-state index contributed by atoms with van der Waals surface area (Å²) in [5.74, 6) is 0.342. The molecular weight excluding hydrogens is 250 g/mol. The van der Waals surface area contributed by atoms with Crippen LogP contribution in [0.4, 0.5) is 0 Å². The maximum Gasteiger partial charge on any atom is 0.219 e. The number of carbonyl (C=O) groups is 1. The quantitative estimate of drug-likeness (QED) is 0.906. The lowest BCUT2D eigenvalue weighted by atomic mass is 10.1. The van der Waals surface area contributed by atoms with Gasteiger partial charge in [0.2, 0.25) is 5.91 Å². The fourth-order valence-corrected chi connectivity index (χ4v) is 2.08. The minimum atomic E-state index is 0.0765. The van der Waals surface area contributed by atoms with Crippen molar-refractivity contribution in [2.75, 3.05) is 6.54 Å². The Kier molecular flexibility index (Phi) is 4.77. The maximum absolute atomic E-state index is 11.7. The van der Waals surface area contributed by atoms with Crippen molar-refractivity contribution in [3.63, 3.8) is 0 Å². The van der Waals surface area contributed by atoms with Crippen LogP contribution in [-0.2, 0) is 17.8 Å². The van der Waals surface area contributed by atoms with E-state index in [9.17, 15) is 9.90 Å². The zero-order valence-electron chi connectivity index (χ0n) is 11.6. The summed E-state index contributed by atoms with van der Waals surface area (Å²) in [7, 11) is 0.